The normalized spacial score (nSPS) is 20.3. The van der Waals surface area contributed by atoms with Crippen LogP contribution in [0, 0.1) is 17.2 Å². The molecule has 134 valence electrons. The van der Waals surface area contributed by atoms with E-state index in [1.54, 1.807) is 6.08 Å². The standard InChI is InChI=1S/C22H29NO2/c1-2-3-7-18-9-13-20(14-10-18)22(24)25-21-15-11-19(12-16-21)8-5-4-6-17-23/h4,6,9-10,13-14,19,21H,2-3,5,7-8,11-12,15-16H2,1H3/b6-4+. The second-order valence-corrected chi connectivity index (χ2v) is 6.96. The van der Waals surface area contributed by atoms with Gasteiger partial charge in [0.1, 0.15) is 6.10 Å². The molecule has 0 radical (unpaired) electrons. The SMILES string of the molecule is CCCCc1ccc(C(=O)OC2CCC(CC/C=C/C#N)CC2)cc1. The van der Waals surface area contributed by atoms with E-state index in [1.807, 2.05) is 36.4 Å². The molecule has 3 heteroatoms. The third kappa shape index (κ3) is 6.74. The molecule has 0 amide bonds. The number of hydrogen-bond acceptors (Lipinski definition) is 3. The highest BCUT2D eigenvalue weighted by atomic mass is 16.5. The van der Waals surface area contributed by atoms with E-state index in [2.05, 4.69) is 6.92 Å². The fourth-order valence-corrected chi connectivity index (χ4v) is 3.41. The molecule has 1 aliphatic rings. The summed E-state index contributed by atoms with van der Waals surface area (Å²) in [4.78, 5) is 12.3. The highest BCUT2D eigenvalue weighted by Crippen LogP contribution is 2.30. The lowest BCUT2D eigenvalue weighted by atomic mass is 9.84. The molecular formula is C22H29NO2. The summed E-state index contributed by atoms with van der Waals surface area (Å²) in [6, 6.07) is 9.88. The van der Waals surface area contributed by atoms with Crippen LogP contribution in [0.15, 0.2) is 36.4 Å². The Morgan fingerprint density at radius 1 is 1.24 bits per heavy atom. The first-order valence-electron chi connectivity index (χ1n) is 9.57. The van der Waals surface area contributed by atoms with E-state index in [9.17, 15) is 4.79 Å². The number of carbonyl (C=O) groups is 1. The number of allylic oxidation sites excluding steroid dienone is 2. The van der Waals surface area contributed by atoms with Crippen molar-refractivity contribution in [2.24, 2.45) is 5.92 Å². The molecule has 0 bridgehead atoms. The summed E-state index contributed by atoms with van der Waals surface area (Å²) in [5.74, 6) is 0.499. The minimum atomic E-state index is -0.192. The lowest BCUT2D eigenvalue weighted by Crippen LogP contribution is -2.24. The van der Waals surface area contributed by atoms with Crippen LogP contribution < -0.4 is 0 Å². The summed E-state index contributed by atoms with van der Waals surface area (Å²) in [5.41, 5.74) is 1.94. The van der Waals surface area contributed by atoms with E-state index < -0.39 is 0 Å². The Hall–Kier alpha value is -2.08. The van der Waals surface area contributed by atoms with Crippen molar-refractivity contribution in [3.05, 3.63) is 47.5 Å². The van der Waals surface area contributed by atoms with Gasteiger partial charge in [-0.3, -0.25) is 0 Å². The van der Waals surface area contributed by atoms with Crippen LogP contribution in [0.5, 0.6) is 0 Å². The number of carbonyl (C=O) groups excluding carboxylic acids is 1. The zero-order valence-electron chi connectivity index (χ0n) is 15.2. The second-order valence-electron chi connectivity index (χ2n) is 6.96. The summed E-state index contributed by atoms with van der Waals surface area (Å²) >= 11 is 0. The molecule has 25 heavy (non-hydrogen) atoms. The van der Waals surface area contributed by atoms with Gasteiger partial charge in [-0.1, -0.05) is 31.6 Å². The van der Waals surface area contributed by atoms with Crippen LogP contribution in [-0.2, 0) is 11.2 Å². The van der Waals surface area contributed by atoms with E-state index in [4.69, 9.17) is 10.00 Å². The molecule has 1 aliphatic carbocycles. The maximum atomic E-state index is 12.3. The monoisotopic (exact) mass is 339 g/mol. The Labute approximate surface area is 151 Å². The smallest absolute Gasteiger partial charge is 0.338 e. The first-order valence-corrected chi connectivity index (χ1v) is 9.57. The maximum Gasteiger partial charge on any atom is 0.338 e. The first kappa shape index (κ1) is 19.2. The van der Waals surface area contributed by atoms with Gasteiger partial charge in [0.2, 0.25) is 0 Å². The fourth-order valence-electron chi connectivity index (χ4n) is 3.41. The number of ether oxygens (including phenoxy) is 1. The Morgan fingerprint density at radius 2 is 1.96 bits per heavy atom. The average Bonchev–Trinajstić information content (AvgIpc) is 2.65. The third-order valence-electron chi connectivity index (χ3n) is 5.01. The fraction of sp³-hybridized carbons (Fsp3) is 0.545. The van der Waals surface area contributed by atoms with Gasteiger partial charge in [0, 0.05) is 6.08 Å². The minimum Gasteiger partial charge on any atom is -0.459 e. The Bertz CT molecular complexity index is 589. The molecule has 0 saturated heterocycles. The molecular weight excluding hydrogens is 310 g/mol. The number of rotatable bonds is 8. The van der Waals surface area contributed by atoms with Crippen molar-refractivity contribution in [2.75, 3.05) is 0 Å². The van der Waals surface area contributed by atoms with Gasteiger partial charge in [-0.2, -0.15) is 5.26 Å². The van der Waals surface area contributed by atoms with E-state index in [0.717, 1.165) is 44.9 Å². The van der Waals surface area contributed by atoms with Crippen molar-refractivity contribution in [1.82, 2.24) is 0 Å². The van der Waals surface area contributed by atoms with Crippen molar-refractivity contribution >= 4 is 5.97 Å². The number of benzene rings is 1. The summed E-state index contributed by atoms with van der Waals surface area (Å²) in [7, 11) is 0. The summed E-state index contributed by atoms with van der Waals surface area (Å²) in [6.45, 7) is 2.18. The third-order valence-corrected chi connectivity index (χ3v) is 5.01. The van der Waals surface area contributed by atoms with Crippen molar-refractivity contribution in [1.29, 1.82) is 5.26 Å². The van der Waals surface area contributed by atoms with E-state index in [0.29, 0.717) is 11.5 Å². The van der Waals surface area contributed by atoms with Gasteiger partial charge in [-0.15, -0.1) is 0 Å². The van der Waals surface area contributed by atoms with E-state index in [1.165, 1.54) is 18.4 Å². The highest BCUT2D eigenvalue weighted by molar-refractivity contribution is 5.89. The van der Waals surface area contributed by atoms with Gasteiger partial charge in [-0.05, 0) is 75.0 Å². The number of nitrogens with zero attached hydrogens (tertiary/aromatic N) is 1. The average molecular weight is 339 g/mol. The van der Waals surface area contributed by atoms with Gasteiger partial charge < -0.3 is 4.74 Å². The van der Waals surface area contributed by atoms with Gasteiger partial charge in [0.25, 0.3) is 0 Å². The number of aryl methyl sites for hydroxylation is 1. The molecule has 0 spiro atoms. The summed E-state index contributed by atoms with van der Waals surface area (Å²) in [6.07, 6.45) is 13.2. The van der Waals surface area contributed by atoms with Crippen molar-refractivity contribution < 1.29 is 9.53 Å². The Morgan fingerprint density at radius 3 is 2.60 bits per heavy atom. The molecule has 0 heterocycles. The molecule has 0 aliphatic heterocycles. The number of esters is 1. The van der Waals surface area contributed by atoms with Crippen LogP contribution in [0.2, 0.25) is 0 Å². The van der Waals surface area contributed by atoms with E-state index >= 15 is 0 Å². The molecule has 0 unspecified atom stereocenters. The Kier molecular flexibility index (Phi) is 8.25. The Balaban J connectivity index is 1.73. The van der Waals surface area contributed by atoms with Gasteiger partial charge in [-0.25, -0.2) is 4.79 Å². The molecule has 2 rings (SSSR count). The van der Waals surface area contributed by atoms with Crippen LogP contribution >= 0.6 is 0 Å². The van der Waals surface area contributed by atoms with Crippen LogP contribution in [0.25, 0.3) is 0 Å². The van der Waals surface area contributed by atoms with Crippen molar-refractivity contribution in [3.63, 3.8) is 0 Å². The zero-order chi connectivity index (χ0) is 17.9. The van der Waals surface area contributed by atoms with Crippen molar-refractivity contribution in [3.8, 4) is 6.07 Å². The lowest BCUT2D eigenvalue weighted by molar-refractivity contribution is 0.0162. The molecule has 0 aromatic heterocycles. The van der Waals surface area contributed by atoms with E-state index in [-0.39, 0.29) is 12.1 Å². The molecule has 0 atom stereocenters. The van der Waals surface area contributed by atoms with Gasteiger partial charge in [0.15, 0.2) is 0 Å². The van der Waals surface area contributed by atoms with Crippen LogP contribution in [-0.4, -0.2) is 12.1 Å². The predicted molar refractivity (Wildman–Crippen MR) is 100 cm³/mol. The molecule has 1 fully saturated rings. The molecule has 1 aromatic rings. The second kappa shape index (κ2) is 10.7. The molecule has 1 saturated carbocycles. The molecule has 1 aromatic carbocycles. The summed E-state index contributed by atoms with van der Waals surface area (Å²) < 4.78 is 5.69. The number of nitriles is 1. The summed E-state index contributed by atoms with van der Waals surface area (Å²) in [5, 5.41) is 8.48. The van der Waals surface area contributed by atoms with Crippen molar-refractivity contribution in [2.45, 2.75) is 70.8 Å². The highest BCUT2D eigenvalue weighted by Gasteiger charge is 2.23. The van der Waals surface area contributed by atoms with Crippen LogP contribution in [0.4, 0.5) is 0 Å². The maximum absolute atomic E-state index is 12.3. The number of unbranched alkanes of at least 4 members (excludes halogenated alkanes) is 1. The topological polar surface area (TPSA) is 50.1 Å². The van der Waals surface area contributed by atoms with Crippen LogP contribution in [0.1, 0.15) is 74.2 Å². The number of hydrogen-bond donors (Lipinski definition) is 0. The van der Waals surface area contributed by atoms with Gasteiger partial charge in [0.05, 0.1) is 11.6 Å². The lowest BCUT2D eigenvalue weighted by Gasteiger charge is -2.28. The molecule has 3 nitrogen and oxygen atoms in total. The van der Waals surface area contributed by atoms with Gasteiger partial charge >= 0.3 is 5.97 Å². The first-order chi connectivity index (χ1) is 12.2. The zero-order valence-corrected chi connectivity index (χ0v) is 15.2. The molecule has 0 N–H and O–H groups in total. The quantitative estimate of drug-likeness (QED) is 0.457. The minimum absolute atomic E-state index is 0.0539. The van der Waals surface area contributed by atoms with Crippen LogP contribution in [0.3, 0.4) is 0 Å². The largest absolute Gasteiger partial charge is 0.459 e. The predicted octanol–water partition coefficient (Wildman–Crippen LogP) is 5.60.